The third-order valence-electron chi connectivity index (χ3n) is 2.92. The van der Waals surface area contributed by atoms with Gasteiger partial charge < -0.3 is 0 Å². The highest BCUT2D eigenvalue weighted by Crippen LogP contribution is 2.40. The number of aromatic nitrogens is 2. The first-order valence-corrected chi connectivity index (χ1v) is 5.25. The molecule has 1 saturated carbocycles. The van der Waals surface area contributed by atoms with Crippen molar-refractivity contribution in [1.29, 1.82) is 0 Å². The molecular weight excluding hydrogens is 176 g/mol. The van der Waals surface area contributed by atoms with Crippen LogP contribution in [0.15, 0.2) is 6.07 Å². The van der Waals surface area contributed by atoms with Gasteiger partial charge in [-0.15, -0.1) is 0 Å². The normalized spacial score (nSPS) is 18.5. The number of hydrazine groups is 1. The van der Waals surface area contributed by atoms with Crippen molar-refractivity contribution < 1.29 is 0 Å². The van der Waals surface area contributed by atoms with Crippen LogP contribution in [0.3, 0.4) is 0 Å². The van der Waals surface area contributed by atoms with E-state index >= 15 is 0 Å². The number of aryl methyl sites for hydroxylation is 2. The zero-order chi connectivity index (χ0) is 10.1. The van der Waals surface area contributed by atoms with Gasteiger partial charge >= 0.3 is 0 Å². The first-order valence-electron chi connectivity index (χ1n) is 5.25. The van der Waals surface area contributed by atoms with Gasteiger partial charge in [0.15, 0.2) is 0 Å². The predicted octanol–water partition coefficient (Wildman–Crippen LogP) is 0.897. The van der Waals surface area contributed by atoms with Crippen LogP contribution < -0.4 is 11.3 Å². The second-order valence-corrected chi connectivity index (χ2v) is 4.02. The Kier molecular flexibility index (Phi) is 2.56. The molecule has 2 rings (SSSR count). The van der Waals surface area contributed by atoms with Crippen molar-refractivity contribution in [3.8, 4) is 0 Å². The lowest BCUT2D eigenvalue weighted by Crippen LogP contribution is -2.30. The van der Waals surface area contributed by atoms with Crippen molar-refractivity contribution in [2.75, 3.05) is 0 Å². The first kappa shape index (κ1) is 9.68. The van der Waals surface area contributed by atoms with Gasteiger partial charge in [0.2, 0.25) is 0 Å². The molecule has 4 heteroatoms. The van der Waals surface area contributed by atoms with E-state index in [-0.39, 0.29) is 6.04 Å². The van der Waals surface area contributed by atoms with Crippen LogP contribution in [0, 0.1) is 5.92 Å². The molecular formula is C10H18N4. The molecule has 1 fully saturated rings. The predicted molar refractivity (Wildman–Crippen MR) is 55.4 cm³/mol. The molecule has 1 heterocycles. The van der Waals surface area contributed by atoms with Crippen LogP contribution in [-0.2, 0) is 13.5 Å². The summed E-state index contributed by atoms with van der Waals surface area (Å²) in [6.45, 7) is 2.12. The minimum atomic E-state index is 0.285. The van der Waals surface area contributed by atoms with Gasteiger partial charge in [-0.3, -0.25) is 16.0 Å². The Morgan fingerprint density at radius 2 is 2.43 bits per heavy atom. The smallest absolute Gasteiger partial charge is 0.0657 e. The Labute approximate surface area is 84.4 Å². The molecule has 14 heavy (non-hydrogen) atoms. The monoisotopic (exact) mass is 194 g/mol. The summed E-state index contributed by atoms with van der Waals surface area (Å²) in [5.41, 5.74) is 5.25. The van der Waals surface area contributed by atoms with Gasteiger partial charge in [-0.05, 0) is 31.2 Å². The summed E-state index contributed by atoms with van der Waals surface area (Å²) in [4.78, 5) is 0. The average molecular weight is 194 g/mol. The lowest BCUT2D eigenvalue weighted by Gasteiger charge is -2.14. The maximum Gasteiger partial charge on any atom is 0.0657 e. The number of hydrogen-bond donors (Lipinski definition) is 2. The van der Waals surface area contributed by atoms with Crippen molar-refractivity contribution in [2.24, 2.45) is 18.8 Å². The molecule has 0 spiro atoms. The zero-order valence-corrected chi connectivity index (χ0v) is 8.83. The van der Waals surface area contributed by atoms with Crippen LogP contribution in [0.2, 0.25) is 0 Å². The summed E-state index contributed by atoms with van der Waals surface area (Å²) < 4.78 is 1.95. The lowest BCUT2D eigenvalue weighted by molar-refractivity contribution is 0.462. The van der Waals surface area contributed by atoms with E-state index in [9.17, 15) is 0 Å². The second-order valence-electron chi connectivity index (χ2n) is 4.02. The van der Waals surface area contributed by atoms with Gasteiger partial charge in [0.25, 0.3) is 0 Å². The number of rotatable bonds is 4. The third kappa shape index (κ3) is 1.67. The summed E-state index contributed by atoms with van der Waals surface area (Å²) in [7, 11) is 1.99. The minimum Gasteiger partial charge on any atom is -0.271 e. The van der Waals surface area contributed by atoms with Crippen LogP contribution in [0.5, 0.6) is 0 Å². The average Bonchev–Trinajstić information content (AvgIpc) is 2.93. The van der Waals surface area contributed by atoms with Gasteiger partial charge in [-0.2, -0.15) is 5.10 Å². The number of nitrogens with one attached hydrogen (secondary N) is 1. The number of hydrogen-bond acceptors (Lipinski definition) is 3. The SMILES string of the molecule is CCc1cc(C(NN)C2CC2)n(C)n1. The highest BCUT2D eigenvalue weighted by molar-refractivity contribution is 5.16. The molecule has 0 aromatic carbocycles. The second kappa shape index (κ2) is 3.71. The third-order valence-corrected chi connectivity index (χ3v) is 2.92. The van der Waals surface area contributed by atoms with E-state index in [1.807, 2.05) is 11.7 Å². The van der Waals surface area contributed by atoms with E-state index in [0.717, 1.165) is 12.1 Å². The van der Waals surface area contributed by atoms with E-state index in [0.29, 0.717) is 5.92 Å². The Morgan fingerprint density at radius 1 is 1.71 bits per heavy atom. The van der Waals surface area contributed by atoms with Crippen LogP contribution in [0.4, 0.5) is 0 Å². The van der Waals surface area contributed by atoms with Crippen molar-refractivity contribution in [1.82, 2.24) is 15.2 Å². The van der Waals surface area contributed by atoms with Crippen molar-refractivity contribution in [2.45, 2.75) is 32.2 Å². The topological polar surface area (TPSA) is 55.9 Å². The zero-order valence-electron chi connectivity index (χ0n) is 8.83. The maximum absolute atomic E-state index is 5.57. The fraction of sp³-hybridized carbons (Fsp3) is 0.700. The van der Waals surface area contributed by atoms with Crippen molar-refractivity contribution in [3.63, 3.8) is 0 Å². The van der Waals surface area contributed by atoms with E-state index < -0.39 is 0 Å². The van der Waals surface area contributed by atoms with Crippen LogP contribution in [0.25, 0.3) is 0 Å². The van der Waals surface area contributed by atoms with Gasteiger partial charge in [0, 0.05) is 7.05 Å². The fourth-order valence-corrected chi connectivity index (χ4v) is 1.90. The molecule has 0 bridgehead atoms. The highest BCUT2D eigenvalue weighted by Gasteiger charge is 2.33. The van der Waals surface area contributed by atoms with E-state index in [4.69, 9.17) is 5.84 Å². The molecule has 1 aromatic heterocycles. The van der Waals surface area contributed by atoms with Crippen LogP contribution in [-0.4, -0.2) is 9.78 Å². The Bertz CT molecular complexity index is 314. The van der Waals surface area contributed by atoms with Gasteiger partial charge in [-0.1, -0.05) is 6.92 Å². The molecule has 3 N–H and O–H groups in total. The fourth-order valence-electron chi connectivity index (χ4n) is 1.90. The molecule has 0 aliphatic heterocycles. The largest absolute Gasteiger partial charge is 0.271 e. The minimum absolute atomic E-state index is 0.285. The number of nitrogens with zero attached hydrogens (tertiary/aromatic N) is 2. The quantitative estimate of drug-likeness (QED) is 0.553. The molecule has 0 radical (unpaired) electrons. The van der Waals surface area contributed by atoms with Crippen LogP contribution >= 0.6 is 0 Å². The molecule has 1 aliphatic rings. The van der Waals surface area contributed by atoms with Gasteiger partial charge in [0.05, 0.1) is 17.4 Å². The van der Waals surface area contributed by atoms with Crippen molar-refractivity contribution in [3.05, 3.63) is 17.5 Å². The summed E-state index contributed by atoms with van der Waals surface area (Å²) >= 11 is 0. The van der Waals surface area contributed by atoms with E-state index in [1.165, 1.54) is 18.5 Å². The van der Waals surface area contributed by atoms with Gasteiger partial charge in [-0.25, -0.2) is 0 Å². The molecule has 1 unspecified atom stereocenters. The molecule has 0 amide bonds. The lowest BCUT2D eigenvalue weighted by atomic mass is 10.1. The van der Waals surface area contributed by atoms with E-state index in [2.05, 4.69) is 23.5 Å². The highest BCUT2D eigenvalue weighted by atomic mass is 15.3. The summed E-state index contributed by atoms with van der Waals surface area (Å²) in [6, 6.07) is 2.44. The summed E-state index contributed by atoms with van der Waals surface area (Å²) in [6.07, 6.45) is 3.54. The first-order chi connectivity index (χ1) is 6.76. The molecule has 4 nitrogen and oxygen atoms in total. The Hall–Kier alpha value is -0.870. The summed E-state index contributed by atoms with van der Waals surface area (Å²) in [5, 5.41) is 4.43. The Balaban J connectivity index is 2.23. The standard InChI is InChI=1S/C10H18N4/c1-3-8-6-9(14(2)13-8)10(12-11)7-4-5-7/h6-7,10,12H,3-5,11H2,1-2H3. The number of nitrogens with two attached hydrogens (primary N) is 1. The molecule has 0 saturated heterocycles. The van der Waals surface area contributed by atoms with E-state index in [1.54, 1.807) is 0 Å². The molecule has 78 valence electrons. The molecule has 1 aromatic rings. The van der Waals surface area contributed by atoms with Gasteiger partial charge in [0.1, 0.15) is 0 Å². The molecule has 1 aliphatic carbocycles. The Morgan fingerprint density at radius 3 is 2.86 bits per heavy atom. The maximum atomic E-state index is 5.57. The summed E-state index contributed by atoms with van der Waals surface area (Å²) in [5.74, 6) is 6.28. The van der Waals surface area contributed by atoms with Crippen LogP contribution in [0.1, 0.15) is 37.2 Å². The van der Waals surface area contributed by atoms with Crippen molar-refractivity contribution >= 4 is 0 Å². The molecule has 1 atom stereocenters.